The average Bonchev–Trinajstić information content (AvgIpc) is 1.54. The summed E-state index contributed by atoms with van der Waals surface area (Å²) in [5.74, 6) is 0.853. The fourth-order valence-electron chi connectivity index (χ4n) is 2.26. The number of rotatable bonds is 0. The Labute approximate surface area is 98.2 Å². The van der Waals surface area contributed by atoms with Crippen LogP contribution in [0.3, 0.4) is 0 Å². The van der Waals surface area contributed by atoms with Gasteiger partial charge in [0.15, 0.2) is 0 Å². The topological polar surface area (TPSA) is 0 Å². The molecular weight excluding hydrogens is 163 g/mol. The van der Waals surface area contributed by atoms with Gasteiger partial charge in [0.2, 0.25) is 0 Å². The summed E-state index contributed by atoms with van der Waals surface area (Å²) in [6, 6.07) is 0. The van der Waals surface area contributed by atoms with Gasteiger partial charge >= 0.3 is 29.6 Å². The second kappa shape index (κ2) is 4.55. The molecule has 0 spiro atoms. The van der Waals surface area contributed by atoms with Crippen LogP contribution in [0.25, 0.3) is 0 Å². The summed E-state index contributed by atoms with van der Waals surface area (Å²) in [5.41, 5.74) is 0.518. The Balaban J connectivity index is 0.000001000. The zero-order valence-electron chi connectivity index (χ0n) is 8.18. The molecule has 0 bridgehead atoms. The molecule has 1 saturated carbocycles. The van der Waals surface area contributed by atoms with E-state index in [1.165, 1.54) is 19.3 Å². The van der Waals surface area contributed by atoms with Crippen molar-refractivity contribution in [2.45, 2.75) is 45.3 Å². The van der Waals surface area contributed by atoms with Crippen molar-refractivity contribution >= 4 is 12.6 Å². The van der Waals surface area contributed by atoms with Gasteiger partial charge in [0.05, 0.1) is 0 Å². The molecule has 0 radical (unpaired) electrons. The Morgan fingerprint density at radius 2 is 1.82 bits per heavy atom. The molecule has 1 fully saturated rings. The molecule has 2 heteroatoms. The SMILES string of the molecule is CC1CC([S-])CC(C)(C)C1.[Na+]. The van der Waals surface area contributed by atoms with E-state index in [2.05, 4.69) is 20.8 Å². The second-order valence-electron chi connectivity index (χ2n) is 4.54. The maximum atomic E-state index is 5.32. The maximum Gasteiger partial charge on any atom is 1.00 e. The van der Waals surface area contributed by atoms with Gasteiger partial charge in [-0.15, -0.1) is 0 Å². The molecular formula is C9H17NaS. The van der Waals surface area contributed by atoms with E-state index in [1.54, 1.807) is 0 Å². The summed E-state index contributed by atoms with van der Waals surface area (Å²) in [4.78, 5) is 0. The van der Waals surface area contributed by atoms with Crippen LogP contribution in [-0.4, -0.2) is 5.25 Å². The molecule has 0 aliphatic heterocycles. The van der Waals surface area contributed by atoms with Crippen molar-refractivity contribution in [2.24, 2.45) is 11.3 Å². The normalized spacial score (nSPS) is 36.0. The minimum absolute atomic E-state index is 0. The van der Waals surface area contributed by atoms with Crippen molar-refractivity contribution in [1.82, 2.24) is 0 Å². The fraction of sp³-hybridized carbons (Fsp3) is 1.00. The first-order valence-corrected chi connectivity index (χ1v) is 4.62. The molecule has 0 amide bonds. The van der Waals surface area contributed by atoms with Gasteiger partial charge < -0.3 is 12.6 Å². The molecule has 2 atom stereocenters. The van der Waals surface area contributed by atoms with E-state index in [4.69, 9.17) is 12.6 Å². The van der Waals surface area contributed by atoms with Crippen molar-refractivity contribution in [3.63, 3.8) is 0 Å². The smallest absolute Gasteiger partial charge is 0.789 e. The molecule has 0 saturated heterocycles. The van der Waals surface area contributed by atoms with E-state index < -0.39 is 0 Å². The van der Waals surface area contributed by atoms with E-state index in [0.717, 1.165) is 5.92 Å². The first kappa shape index (κ1) is 12.3. The number of hydrogen-bond donors (Lipinski definition) is 0. The van der Waals surface area contributed by atoms with Gasteiger partial charge in [-0.2, -0.15) is 5.25 Å². The first-order chi connectivity index (χ1) is 4.49. The third kappa shape index (κ3) is 4.21. The van der Waals surface area contributed by atoms with Gasteiger partial charge in [-0.1, -0.05) is 33.6 Å². The van der Waals surface area contributed by atoms with Gasteiger partial charge in [0.1, 0.15) is 0 Å². The van der Waals surface area contributed by atoms with E-state index in [1.807, 2.05) is 0 Å². The van der Waals surface area contributed by atoms with Crippen LogP contribution in [0.15, 0.2) is 0 Å². The zero-order valence-corrected chi connectivity index (χ0v) is 11.0. The van der Waals surface area contributed by atoms with Gasteiger partial charge in [0, 0.05) is 0 Å². The Morgan fingerprint density at radius 1 is 1.27 bits per heavy atom. The molecule has 11 heavy (non-hydrogen) atoms. The molecule has 1 rings (SSSR count). The molecule has 1 aliphatic rings. The van der Waals surface area contributed by atoms with Crippen molar-refractivity contribution < 1.29 is 29.6 Å². The van der Waals surface area contributed by atoms with Crippen LogP contribution in [0.1, 0.15) is 40.0 Å². The van der Waals surface area contributed by atoms with Crippen molar-refractivity contribution in [3.8, 4) is 0 Å². The Morgan fingerprint density at radius 3 is 2.18 bits per heavy atom. The van der Waals surface area contributed by atoms with Gasteiger partial charge in [-0.05, 0) is 17.8 Å². The quantitative estimate of drug-likeness (QED) is 0.366. The van der Waals surface area contributed by atoms with Crippen molar-refractivity contribution in [2.75, 3.05) is 0 Å². The standard InChI is InChI=1S/C9H18S.Na/c1-7-4-8(10)6-9(2,3)5-7;/h7-8,10H,4-6H2,1-3H3;/q;+1/p-1. The Kier molecular flexibility index (Phi) is 5.11. The molecule has 0 aromatic heterocycles. The van der Waals surface area contributed by atoms with Crippen LogP contribution in [0.4, 0.5) is 0 Å². The molecule has 0 heterocycles. The fourth-order valence-corrected chi connectivity index (χ4v) is 3.04. The van der Waals surface area contributed by atoms with Crippen LogP contribution in [0, 0.1) is 11.3 Å². The summed E-state index contributed by atoms with van der Waals surface area (Å²) in [5, 5.41) is 0.541. The van der Waals surface area contributed by atoms with Gasteiger partial charge in [-0.3, -0.25) is 0 Å². The van der Waals surface area contributed by atoms with E-state index in [0.29, 0.717) is 10.7 Å². The monoisotopic (exact) mass is 180 g/mol. The van der Waals surface area contributed by atoms with E-state index in [-0.39, 0.29) is 29.6 Å². The second-order valence-corrected chi connectivity index (χ2v) is 5.20. The van der Waals surface area contributed by atoms with Crippen molar-refractivity contribution in [1.29, 1.82) is 0 Å². The summed E-state index contributed by atoms with van der Waals surface area (Å²) in [7, 11) is 0. The molecule has 0 aromatic carbocycles. The molecule has 2 unspecified atom stereocenters. The minimum atomic E-state index is 0. The van der Waals surface area contributed by atoms with Crippen LogP contribution >= 0.6 is 0 Å². The van der Waals surface area contributed by atoms with Gasteiger partial charge in [-0.25, -0.2) is 0 Å². The third-order valence-corrected chi connectivity index (χ3v) is 2.71. The van der Waals surface area contributed by atoms with Crippen molar-refractivity contribution in [3.05, 3.63) is 0 Å². The first-order valence-electron chi connectivity index (χ1n) is 4.15. The summed E-state index contributed by atoms with van der Waals surface area (Å²) < 4.78 is 0. The summed E-state index contributed by atoms with van der Waals surface area (Å²) in [6.07, 6.45) is 3.87. The molecule has 1 aliphatic carbocycles. The largest absolute Gasteiger partial charge is 1.00 e. The Hall–Kier alpha value is 1.35. The third-order valence-electron chi connectivity index (χ3n) is 2.35. The van der Waals surface area contributed by atoms with E-state index in [9.17, 15) is 0 Å². The van der Waals surface area contributed by atoms with E-state index >= 15 is 0 Å². The predicted octanol–water partition coefficient (Wildman–Crippen LogP) is -0.248. The van der Waals surface area contributed by atoms with Crippen LogP contribution in [0.2, 0.25) is 0 Å². The van der Waals surface area contributed by atoms with Crippen LogP contribution < -0.4 is 29.6 Å². The zero-order chi connectivity index (χ0) is 7.78. The van der Waals surface area contributed by atoms with Crippen LogP contribution in [0.5, 0.6) is 0 Å². The molecule has 0 N–H and O–H groups in total. The average molecular weight is 180 g/mol. The van der Waals surface area contributed by atoms with Gasteiger partial charge in [0.25, 0.3) is 0 Å². The number of hydrogen-bond acceptors (Lipinski definition) is 1. The maximum absolute atomic E-state index is 5.32. The molecule has 0 aromatic rings. The van der Waals surface area contributed by atoms with Crippen LogP contribution in [-0.2, 0) is 12.6 Å². The predicted molar refractivity (Wildman–Crippen MR) is 47.9 cm³/mol. The minimum Gasteiger partial charge on any atom is -0.789 e. The molecule has 60 valence electrons. The summed E-state index contributed by atoms with van der Waals surface area (Å²) >= 11 is 5.32. The Bertz CT molecular complexity index is 111. The summed E-state index contributed by atoms with van der Waals surface area (Å²) in [6.45, 7) is 6.99. The molecule has 0 nitrogen and oxygen atoms in total.